The fraction of sp³-hybridized carbons (Fsp3) is 0.0312. The molecule has 13 aromatic rings. The number of furan rings is 1. The van der Waals surface area contributed by atoms with E-state index in [0.29, 0.717) is 0 Å². The van der Waals surface area contributed by atoms with Crippen LogP contribution < -0.4 is 4.90 Å². The van der Waals surface area contributed by atoms with E-state index in [9.17, 15) is 0 Å². The average Bonchev–Trinajstić information content (AvgIpc) is 3.93. The highest BCUT2D eigenvalue weighted by atomic mass is 16.3. The molecule has 0 atom stereocenters. The van der Waals surface area contributed by atoms with Crippen LogP contribution in [0.2, 0.25) is 0 Å². The molecule has 1 aliphatic carbocycles. The first-order chi connectivity index (χ1) is 33.2. The number of rotatable bonds is 6. The zero-order valence-electron chi connectivity index (χ0n) is 36.7. The standard InChI is InChI=1S/C64H42N2O/c1-3-17-42(18-4-1)62-63-54-36-35-47(65(45-21-5-2-6-22-45)46-33-31-41(32-34-46)56-37-43-19-7-9-23-48(43)50-25-11-12-27-52(50)56)39-58(54)66(59(63)40-61-64(62)55-29-15-16-30-60(55)67-61)57-38-44-20-8-10-24-49(44)51-26-13-14-28-53(51)57/h1-14,16-28,30-40H,15,29H2. The van der Waals surface area contributed by atoms with E-state index in [0.717, 1.165) is 58.0 Å². The Balaban J connectivity index is 1.05. The van der Waals surface area contributed by atoms with Crippen molar-refractivity contribution in [1.82, 2.24) is 4.57 Å². The molecule has 314 valence electrons. The minimum Gasteiger partial charge on any atom is -0.456 e. The number of anilines is 3. The number of nitrogens with zero attached hydrogens (tertiary/aromatic N) is 2. The number of aryl methyl sites for hydroxylation is 1. The first-order valence-corrected chi connectivity index (χ1v) is 23.3. The normalized spacial score (nSPS) is 12.6. The lowest BCUT2D eigenvalue weighted by Crippen LogP contribution is -2.10. The number of benzene rings is 11. The van der Waals surface area contributed by atoms with Crippen LogP contribution in [0.15, 0.2) is 229 Å². The van der Waals surface area contributed by atoms with Gasteiger partial charge >= 0.3 is 0 Å². The largest absolute Gasteiger partial charge is 0.456 e. The minimum absolute atomic E-state index is 0.919. The number of hydrogen-bond donors (Lipinski definition) is 0. The van der Waals surface area contributed by atoms with E-state index >= 15 is 0 Å². The second kappa shape index (κ2) is 14.9. The third kappa shape index (κ3) is 5.84. The van der Waals surface area contributed by atoms with Gasteiger partial charge < -0.3 is 13.9 Å². The van der Waals surface area contributed by atoms with Gasteiger partial charge in [-0.25, -0.2) is 0 Å². The Morgan fingerprint density at radius 2 is 1.01 bits per heavy atom. The topological polar surface area (TPSA) is 21.3 Å². The molecule has 2 heterocycles. The molecule has 0 saturated carbocycles. The third-order valence-corrected chi connectivity index (χ3v) is 14.2. The molecule has 0 N–H and O–H groups in total. The SMILES string of the molecule is C1=Cc2oc3cc4c(c(-c5ccccc5)c3c2CC1)c1ccc(N(c2ccccc2)c2ccc(-c3cc5ccccc5c5ccccc35)cc2)cc1n4-c1cc2ccccc2c2ccccc12. The Morgan fingerprint density at radius 1 is 0.418 bits per heavy atom. The average molecular weight is 855 g/mol. The maximum Gasteiger partial charge on any atom is 0.137 e. The number of aromatic nitrogens is 1. The smallest absolute Gasteiger partial charge is 0.137 e. The highest BCUT2D eigenvalue weighted by Crippen LogP contribution is 2.49. The predicted molar refractivity (Wildman–Crippen MR) is 283 cm³/mol. The molecule has 3 nitrogen and oxygen atoms in total. The van der Waals surface area contributed by atoms with E-state index in [-0.39, 0.29) is 0 Å². The van der Waals surface area contributed by atoms with E-state index in [1.807, 2.05) is 0 Å². The molecule has 0 spiro atoms. The molecule has 3 heteroatoms. The van der Waals surface area contributed by atoms with Crippen LogP contribution in [-0.2, 0) is 6.42 Å². The number of fused-ring (bicyclic) bond motifs is 12. The summed E-state index contributed by atoms with van der Waals surface area (Å²) in [6.45, 7) is 0. The van der Waals surface area contributed by atoms with Gasteiger partial charge in [-0.2, -0.15) is 0 Å². The molecule has 0 fully saturated rings. The van der Waals surface area contributed by atoms with Crippen LogP contribution in [0.1, 0.15) is 17.7 Å². The highest BCUT2D eigenvalue weighted by Gasteiger charge is 2.27. The van der Waals surface area contributed by atoms with Crippen molar-refractivity contribution in [1.29, 1.82) is 0 Å². The van der Waals surface area contributed by atoms with Crippen molar-refractivity contribution < 1.29 is 4.42 Å². The van der Waals surface area contributed by atoms with E-state index in [1.165, 1.54) is 87.1 Å². The number of para-hydroxylation sites is 1. The fourth-order valence-electron chi connectivity index (χ4n) is 11.2. The molecule has 1 aliphatic rings. The van der Waals surface area contributed by atoms with Gasteiger partial charge in [0, 0.05) is 55.8 Å². The van der Waals surface area contributed by atoms with Crippen molar-refractivity contribution in [3.8, 4) is 27.9 Å². The van der Waals surface area contributed by atoms with Gasteiger partial charge in [0.25, 0.3) is 0 Å². The molecule has 0 saturated heterocycles. The van der Waals surface area contributed by atoms with Gasteiger partial charge in [0.1, 0.15) is 11.3 Å². The van der Waals surface area contributed by atoms with Gasteiger partial charge in [-0.05, 0) is 122 Å². The lowest BCUT2D eigenvalue weighted by atomic mass is 9.91. The molecule has 2 aromatic heterocycles. The second-order valence-corrected chi connectivity index (χ2v) is 17.9. The van der Waals surface area contributed by atoms with Crippen LogP contribution in [0.3, 0.4) is 0 Å². The number of allylic oxidation sites excluding steroid dienone is 1. The first kappa shape index (κ1) is 37.7. The molecular formula is C64H42N2O. The lowest BCUT2D eigenvalue weighted by molar-refractivity contribution is 0.595. The molecule has 67 heavy (non-hydrogen) atoms. The lowest BCUT2D eigenvalue weighted by Gasteiger charge is -2.26. The first-order valence-electron chi connectivity index (χ1n) is 23.3. The minimum atomic E-state index is 0.919. The molecule has 0 bridgehead atoms. The number of hydrogen-bond acceptors (Lipinski definition) is 2. The fourth-order valence-corrected chi connectivity index (χ4v) is 11.2. The van der Waals surface area contributed by atoms with Crippen LogP contribution >= 0.6 is 0 Å². The van der Waals surface area contributed by atoms with E-state index < -0.39 is 0 Å². The van der Waals surface area contributed by atoms with Crippen LogP contribution in [0.25, 0.3) is 110 Å². The van der Waals surface area contributed by atoms with Gasteiger partial charge in [-0.1, -0.05) is 170 Å². The summed E-state index contributed by atoms with van der Waals surface area (Å²) in [4.78, 5) is 2.40. The summed E-state index contributed by atoms with van der Waals surface area (Å²) in [6.07, 6.45) is 6.35. The van der Waals surface area contributed by atoms with Crippen molar-refractivity contribution in [2.24, 2.45) is 0 Å². The summed E-state index contributed by atoms with van der Waals surface area (Å²) in [7, 11) is 0. The maximum atomic E-state index is 6.86. The zero-order valence-corrected chi connectivity index (χ0v) is 36.7. The van der Waals surface area contributed by atoms with E-state index in [1.54, 1.807) is 0 Å². The molecule has 0 radical (unpaired) electrons. The Kier molecular flexibility index (Phi) is 8.41. The van der Waals surface area contributed by atoms with Crippen molar-refractivity contribution >= 4 is 99.0 Å². The van der Waals surface area contributed by atoms with Crippen molar-refractivity contribution in [3.63, 3.8) is 0 Å². The van der Waals surface area contributed by atoms with Crippen LogP contribution in [0.4, 0.5) is 17.1 Å². The second-order valence-electron chi connectivity index (χ2n) is 17.9. The highest BCUT2D eigenvalue weighted by molar-refractivity contribution is 6.25. The summed E-state index contributed by atoms with van der Waals surface area (Å²) in [5, 5.41) is 13.6. The van der Waals surface area contributed by atoms with Gasteiger partial charge in [0.05, 0.1) is 16.7 Å². The molecule has 0 unspecified atom stereocenters. The third-order valence-electron chi connectivity index (χ3n) is 14.2. The van der Waals surface area contributed by atoms with Gasteiger partial charge in [-0.15, -0.1) is 0 Å². The van der Waals surface area contributed by atoms with Gasteiger partial charge in [0.2, 0.25) is 0 Å². The summed E-state index contributed by atoms with van der Waals surface area (Å²) < 4.78 is 9.38. The Morgan fingerprint density at radius 3 is 1.76 bits per heavy atom. The van der Waals surface area contributed by atoms with E-state index in [4.69, 9.17) is 4.42 Å². The summed E-state index contributed by atoms with van der Waals surface area (Å²) >= 11 is 0. The van der Waals surface area contributed by atoms with Crippen LogP contribution in [0, 0.1) is 0 Å². The Hall–Kier alpha value is -8.66. The molecule has 11 aromatic carbocycles. The molecule has 0 amide bonds. The Bertz CT molecular complexity index is 4140. The summed E-state index contributed by atoms with van der Waals surface area (Å²) in [6, 6.07) is 80.1. The summed E-state index contributed by atoms with van der Waals surface area (Å²) in [5.41, 5.74) is 13.7. The van der Waals surface area contributed by atoms with Gasteiger partial charge in [-0.3, -0.25) is 0 Å². The van der Waals surface area contributed by atoms with E-state index in [2.05, 4.69) is 240 Å². The monoisotopic (exact) mass is 854 g/mol. The molecule has 14 rings (SSSR count). The van der Waals surface area contributed by atoms with Crippen molar-refractivity contribution in [2.45, 2.75) is 12.8 Å². The predicted octanol–water partition coefficient (Wildman–Crippen LogP) is 17.9. The summed E-state index contributed by atoms with van der Waals surface area (Å²) in [5.74, 6) is 0.971. The van der Waals surface area contributed by atoms with Crippen molar-refractivity contribution in [3.05, 3.63) is 236 Å². The van der Waals surface area contributed by atoms with Crippen LogP contribution in [0.5, 0.6) is 0 Å². The van der Waals surface area contributed by atoms with Gasteiger partial charge in [0.15, 0.2) is 0 Å². The van der Waals surface area contributed by atoms with Crippen molar-refractivity contribution in [2.75, 3.05) is 4.90 Å². The molecular weight excluding hydrogens is 813 g/mol. The quantitative estimate of drug-likeness (QED) is 0.155. The Labute approximate surface area is 387 Å². The zero-order chi connectivity index (χ0) is 44.0. The molecule has 0 aliphatic heterocycles. The maximum absolute atomic E-state index is 6.86. The van der Waals surface area contributed by atoms with Crippen LogP contribution in [-0.4, -0.2) is 4.57 Å².